The van der Waals surface area contributed by atoms with Gasteiger partial charge in [0, 0.05) is 18.9 Å². The minimum absolute atomic E-state index is 0.387. The smallest absolute Gasteiger partial charge is 0.182 e. The number of nitriles is 1. The van der Waals surface area contributed by atoms with Crippen LogP contribution in [0.4, 0.5) is 5.82 Å². The highest BCUT2D eigenvalue weighted by molar-refractivity contribution is 5.46. The molecule has 1 aliphatic rings. The number of nitrogens with zero attached hydrogens (tertiary/aromatic N) is 3. The Morgan fingerprint density at radius 2 is 2.00 bits per heavy atom. The first-order valence-electron chi connectivity index (χ1n) is 5.85. The van der Waals surface area contributed by atoms with Gasteiger partial charge in [-0.2, -0.15) is 5.26 Å². The van der Waals surface area contributed by atoms with E-state index in [4.69, 9.17) is 5.26 Å². The Hall–Kier alpha value is -1.63. The Bertz CT molecular complexity index is 377. The molecule has 1 N–H and O–H groups in total. The maximum absolute atomic E-state index is 8.86. The molecule has 0 radical (unpaired) electrons. The molecule has 0 unspecified atom stereocenters. The van der Waals surface area contributed by atoms with Crippen molar-refractivity contribution in [2.24, 2.45) is 5.92 Å². The summed E-state index contributed by atoms with van der Waals surface area (Å²) in [5.74, 6) is 1.35. The molecular formula is C12H16N4. The van der Waals surface area contributed by atoms with Crippen LogP contribution in [0.3, 0.4) is 0 Å². The number of hydrogen-bond acceptors (Lipinski definition) is 4. The SMILES string of the molecule is N#Cc1nccnc1NCC1CCCCC1. The molecule has 1 heterocycles. The Morgan fingerprint density at radius 3 is 2.75 bits per heavy atom. The first kappa shape index (κ1) is 10.9. The second-order valence-corrected chi connectivity index (χ2v) is 4.25. The zero-order valence-electron chi connectivity index (χ0n) is 9.32. The van der Waals surface area contributed by atoms with Crippen molar-refractivity contribution >= 4 is 5.82 Å². The molecule has 0 aliphatic heterocycles. The predicted molar refractivity (Wildman–Crippen MR) is 61.8 cm³/mol. The lowest BCUT2D eigenvalue weighted by Gasteiger charge is -2.21. The largest absolute Gasteiger partial charge is 0.367 e. The van der Waals surface area contributed by atoms with E-state index >= 15 is 0 Å². The molecule has 1 saturated carbocycles. The van der Waals surface area contributed by atoms with E-state index in [1.165, 1.54) is 32.1 Å². The second-order valence-electron chi connectivity index (χ2n) is 4.25. The van der Waals surface area contributed by atoms with Gasteiger partial charge in [-0.1, -0.05) is 19.3 Å². The van der Waals surface area contributed by atoms with Gasteiger partial charge in [-0.15, -0.1) is 0 Å². The Morgan fingerprint density at radius 1 is 1.25 bits per heavy atom. The molecule has 1 aromatic heterocycles. The lowest BCUT2D eigenvalue weighted by molar-refractivity contribution is 0.373. The van der Waals surface area contributed by atoms with Crippen molar-refractivity contribution in [3.05, 3.63) is 18.1 Å². The summed E-state index contributed by atoms with van der Waals surface area (Å²) in [4.78, 5) is 8.11. The average molecular weight is 216 g/mol. The zero-order valence-corrected chi connectivity index (χ0v) is 9.32. The molecule has 16 heavy (non-hydrogen) atoms. The van der Waals surface area contributed by atoms with E-state index in [9.17, 15) is 0 Å². The van der Waals surface area contributed by atoms with Crippen molar-refractivity contribution in [3.8, 4) is 6.07 Å². The highest BCUT2D eigenvalue weighted by Crippen LogP contribution is 2.23. The summed E-state index contributed by atoms with van der Waals surface area (Å²) in [5.41, 5.74) is 0.387. The lowest BCUT2D eigenvalue weighted by atomic mass is 9.89. The summed E-state index contributed by atoms with van der Waals surface area (Å²) < 4.78 is 0. The first-order valence-corrected chi connectivity index (χ1v) is 5.85. The Labute approximate surface area is 95.7 Å². The monoisotopic (exact) mass is 216 g/mol. The van der Waals surface area contributed by atoms with Gasteiger partial charge in [0.2, 0.25) is 0 Å². The van der Waals surface area contributed by atoms with E-state index in [1.54, 1.807) is 12.4 Å². The molecule has 1 aliphatic carbocycles. The van der Waals surface area contributed by atoms with Gasteiger partial charge in [0.1, 0.15) is 6.07 Å². The Balaban J connectivity index is 1.91. The standard InChI is InChI=1S/C12H16N4/c13-8-11-12(15-7-6-14-11)16-9-10-4-2-1-3-5-10/h6-7,10H,1-5,9H2,(H,15,16). The van der Waals surface area contributed by atoms with Crippen molar-refractivity contribution in [3.63, 3.8) is 0 Å². The molecule has 0 aromatic carbocycles. The fourth-order valence-corrected chi connectivity index (χ4v) is 2.18. The lowest BCUT2D eigenvalue weighted by Crippen LogP contribution is -2.18. The summed E-state index contributed by atoms with van der Waals surface area (Å²) in [5, 5.41) is 12.1. The number of rotatable bonds is 3. The zero-order chi connectivity index (χ0) is 11.2. The van der Waals surface area contributed by atoms with E-state index in [1.807, 2.05) is 6.07 Å². The van der Waals surface area contributed by atoms with E-state index in [2.05, 4.69) is 15.3 Å². The van der Waals surface area contributed by atoms with Crippen LogP contribution in [-0.4, -0.2) is 16.5 Å². The summed E-state index contributed by atoms with van der Waals surface area (Å²) in [6.07, 6.45) is 9.76. The maximum atomic E-state index is 8.86. The molecule has 2 rings (SSSR count). The molecule has 0 bridgehead atoms. The van der Waals surface area contributed by atoms with Crippen LogP contribution in [0.5, 0.6) is 0 Å². The predicted octanol–water partition coefficient (Wildman–Crippen LogP) is 2.34. The molecule has 0 amide bonds. The van der Waals surface area contributed by atoms with Gasteiger partial charge in [0.25, 0.3) is 0 Å². The first-order chi connectivity index (χ1) is 7.90. The third-order valence-corrected chi connectivity index (χ3v) is 3.09. The molecule has 4 heteroatoms. The van der Waals surface area contributed by atoms with Crippen LogP contribution in [0.1, 0.15) is 37.8 Å². The van der Waals surface area contributed by atoms with Crippen molar-refractivity contribution in [2.75, 3.05) is 11.9 Å². The maximum Gasteiger partial charge on any atom is 0.182 e. The van der Waals surface area contributed by atoms with Crippen molar-refractivity contribution in [2.45, 2.75) is 32.1 Å². The van der Waals surface area contributed by atoms with E-state index < -0.39 is 0 Å². The van der Waals surface area contributed by atoms with E-state index in [0.29, 0.717) is 11.5 Å². The van der Waals surface area contributed by atoms with Gasteiger partial charge in [-0.3, -0.25) is 0 Å². The van der Waals surface area contributed by atoms with Gasteiger partial charge in [0.15, 0.2) is 11.5 Å². The topological polar surface area (TPSA) is 61.6 Å². The highest BCUT2D eigenvalue weighted by atomic mass is 15.0. The van der Waals surface area contributed by atoms with Crippen LogP contribution in [0.2, 0.25) is 0 Å². The van der Waals surface area contributed by atoms with Gasteiger partial charge in [-0.05, 0) is 18.8 Å². The fourth-order valence-electron chi connectivity index (χ4n) is 2.18. The van der Waals surface area contributed by atoms with Crippen molar-refractivity contribution in [1.82, 2.24) is 9.97 Å². The third-order valence-electron chi connectivity index (χ3n) is 3.09. The van der Waals surface area contributed by atoms with Crippen LogP contribution < -0.4 is 5.32 Å². The molecule has 0 saturated heterocycles. The second kappa shape index (κ2) is 5.45. The van der Waals surface area contributed by atoms with Crippen LogP contribution in [0, 0.1) is 17.2 Å². The van der Waals surface area contributed by atoms with Crippen LogP contribution in [0.15, 0.2) is 12.4 Å². The van der Waals surface area contributed by atoms with Crippen molar-refractivity contribution < 1.29 is 0 Å². The molecule has 84 valence electrons. The molecule has 0 spiro atoms. The van der Waals surface area contributed by atoms with Crippen LogP contribution in [-0.2, 0) is 0 Å². The van der Waals surface area contributed by atoms with Gasteiger partial charge in [-0.25, -0.2) is 9.97 Å². The number of nitrogens with one attached hydrogen (secondary N) is 1. The summed E-state index contributed by atoms with van der Waals surface area (Å²) in [6.45, 7) is 0.910. The van der Waals surface area contributed by atoms with Crippen LogP contribution >= 0.6 is 0 Å². The highest BCUT2D eigenvalue weighted by Gasteiger charge is 2.14. The Kier molecular flexibility index (Phi) is 3.71. The molecule has 4 nitrogen and oxygen atoms in total. The summed E-state index contributed by atoms with van der Waals surface area (Å²) >= 11 is 0. The number of aromatic nitrogens is 2. The molecule has 0 atom stereocenters. The quantitative estimate of drug-likeness (QED) is 0.842. The normalized spacial score (nSPS) is 16.7. The summed E-state index contributed by atoms with van der Waals surface area (Å²) in [7, 11) is 0. The third kappa shape index (κ3) is 2.69. The minimum Gasteiger partial charge on any atom is -0.367 e. The van der Waals surface area contributed by atoms with Crippen molar-refractivity contribution in [1.29, 1.82) is 5.26 Å². The fraction of sp³-hybridized carbons (Fsp3) is 0.583. The number of anilines is 1. The van der Waals surface area contributed by atoms with E-state index in [0.717, 1.165) is 12.5 Å². The molecule has 1 fully saturated rings. The summed E-state index contributed by atoms with van der Waals surface area (Å²) in [6, 6.07) is 2.05. The average Bonchev–Trinajstić information content (AvgIpc) is 2.38. The van der Waals surface area contributed by atoms with Gasteiger partial charge >= 0.3 is 0 Å². The van der Waals surface area contributed by atoms with Gasteiger partial charge < -0.3 is 5.32 Å². The molecular weight excluding hydrogens is 200 g/mol. The minimum atomic E-state index is 0.387. The van der Waals surface area contributed by atoms with Gasteiger partial charge in [0.05, 0.1) is 0 Å². The number of hydrogen-bond donors (Lipinski definition) is 1. The molecule has 1 aromatic rings. The van der Waals surface area contributed by atoms with E-state index in [-0.39, 0.29) is 0 Å². The van der Waals surface area contributed by atoms with Crippen LogP contribution in [0.25, 0.3) is 0 Å².